The lowest BCUT2D eigenvalue weighted by Gasteiger charge is -2.10. The van der Waals surface area contributed by atoms with Crippen LogP contribution in [0, 0.1) is 0 Å². The average molecular weight is 326 g/mol. The third kappa shape index (κ3) is 5.90. The normalized spacial score (nSPS) is 12.6. The first-order chi connectivity index (χ1) is 9.65. The lowest BCUT2D eigenvalue weighted by atomic mass is 10.1. The number of hydrogen-bond acceptors (Lipinski definition) is 4. The number of sulfonamides is 1. The van der Waals surface area contributed by atoms with Crippen molar-refractivity contribution >= 4 is 15.7 Å². The first kappa shape index (κ1) is 17.7. The molecule has 0 aliphatic heterocycles. The van der Waals surface area contributed by atoms with Gasteiger partial charge >= 0.3 is 6.18 Å². The smallest absolute Gasteiger partial charge is 0.398 e. The molecular formula is C12H17F3N2O3S. The summed E-state index contributed by atoms with van der Waals surface area (Å²) in [5.41, 5.74) is 6.89. The topological polar surface area (TPSA) is 81.4 Å². The fraction of sp³-hybridized carbons (Fsp3) is 0.500. The molecule has 9 heteroatoms. The van der Waals surface area contributed by atoms with Gasteiger partial charge in [-0.2, -0.15) is 13.2 Å². The van der Waals surface area contributed by atoms with E-state index in [0.29, 0.717) is 12.1 Å². The molecule has 0 saturated carbocycles. The molecule has 0 radical (unpaired) electrons. The SMILES string of the molecule is CCc1ccc(S(=O)(=O)NCCOCC(F)(F)F)cc1N. The fourth-order valence-electron chi connectivity index (χ4n) is 1.58. The molecule has 0 atom stereocenters. The number of ether oxygens (including phenoxy) is 1. The summed E-state index contributed by atoms with van der Waals surface area (Å²) in [5.74, 6) is 0. The molecule has 5 nitrogen and oxygen atoms in total. The van der Waals surface area contributed by atoms with Crippen molar-refractivity contribution in [1.82, 2.24) is 4.72 Å². The van der Waals surface area contributed by atoms with E-state index in [9.17, 15) is 21.6 Å². The van der Waals surface area contributed by atoms with E-state index in [1.165, 1.54) is 12.1 Å². The van der Waals surface area contributed by atoms with Crippen LogP contribution in [0.15, 0.2) is 23.1 Å². The molecule has 1 aromatic carbocycles. The van der Waals surface area contributed by atoms with Gasteiger partial charge in [0.2, 0.25) is 10.0 Å². The highest BCUT2D eigenvalue weighted by molar-refractivity contribution is 7.89. The maximum Gasteiger partial charge on any atom is 0.411 e. The maximum absolute atomic E-state index is 11.9. The Morgan fingerprint density at radius 1 is 1.33 bits per heavy atom. The molecule has 0 aliphatic carbocycles. The van der Waals surface area contributed by atoms with Gasteiger partial charge in [0.25, 0.3) is 0 Å². The van der Waals surface area contributed by atoms with Gasteiger partial charge in [0.1, 0.15) is 6.61 Å². The summed E-state index contributed by atoms with van der Waals surface area (Å²) in [4.78, 5) is -0.0342. The van der Waals surface area contributed by atoms with Gasteiger partial charge in [0, 0.05) is 12.2 Å². The summed E-state index contributed by atoms with van der Waals surface area (Å²) in [7, 11) is -3.81. The number of halogens is 3. The Morgan fingerprint density at radius 3 is 2.52 bits per heavy atom. The van der Waals surface area contributed by atoms with Crippen molar-refractivity contribution in [2.45, 2.75) is 24.4 Å². The molecule has 21 heavy (non-hydrogen) atoms. The highest BCUT2D eigenvalue weighted by Crippen LogP contribution is 2.18. The second kappa shape index (κ2) is 7.10. The third-order valence-corrected chi connectivity index (χ3v) is 4.07. The zero-order valence-corrected chi connectivity index (χ0v) is 12.2. The second-order valence-electron chi connectivity index (χ2n) is 4.28. The lowest BCUT2D eigenvalue weighted by Crippen LogP contribution is -2.29. The van der Waals surface area contributed by atoms with Crippen molar-refractivity contribution in [2.24, 2.45) is 0 Å². The summed E-state index contributed by atoms with van der Waals surface area (Å²) in [6.07, 6.45) is -3.76. The number of benzene rings is 1. The first-order valence-electron chi connectivity index (χ1n) is 6.18. The minimum atomic E-state index is -4.43. The average Bonchev–Trinajstić information content (AvgIpc) is 2.36. The quantitative estimate of drug-likeness (QED) is 0.590. The predicted octanol–water partition coefficient (Wildman–Crippen LogP) is 1.69. The summed E-state index contributed by atoms with van der Waals surface area (Å²) >= 11 is 0. The number of anilines is 1. The first-order valence-corrected chi connectivity index (χ1v) is 7.66. The van der Waals surface area contributed by atoms with Crippen molar-refractivity contribution in [3.05, 3.63) is 23.8 Å². The Kier molecular flexibility index (Phi) is 5.99. The molecule has 0 aromatic heterocycles. The highest BCUT2D eigenvalue weighted by atomic mass is 32.2. The van der Waals surface area contributed by atoms with E-state index in [1.807, 2.05) is 6.92 Å². The fourth-order valence-corrected chi connectivity index (χ4v) is 2.63. The summed E-state index contributed by atoms with van der Waals surface area (Å²) in [5, 5.41) is 0. The highest BCUT2D eigenvalue weighted by Gasteiger charge is 2.27. The molecule has 0 bridgehead atoms. The molecule has 1 rings (SSSR count). The van der Waals surface area contributed by atoms with Crippen LogP contribution in [0.25, 0.3) is 0 Å². The van der Waals surface area contributed by atoms with Crippen LogP contribution < -0.4 is 10.5 Å². The van der Waals surface area contributed by atoms with Gasteiger partial charge in [0.15, 0.2) is 0 Å². The summed E-state index contributed by atoms with van der Waals surface area (Å²) < 4.78 is 65.7. The number of nitrogen functional groups attached to an aromatic ring is 1. The van der Waals surface area contributed by atoms with E-state index in [4.69, 9.17) is 5.73 Å². The number of rotatable bonds is 7. The zero-order chi connectivity index (χ0) is 16.1. The molecule has 1 aromatic rings. The maximum atomic E-state index is 11.9. The Hall–Kier alpha value is -1.32. The van der Waals surface area contributed by atoms with Crippen molar-refractivity contribution in [3.8, 4) is 0 Å². The van der Waals surface area contributed by atoms with Gasteiger partial charge in [-0.25, -0.2) is 13.1 Å². The second-order valence-corrected chi connectivity index (χ2v) is 6.05. The third-order valence-electron chi connectivity index (χ3n) is 2.61. The van der Waals surface area contributed by atoms with E-state index in [1.54, 1.807) is 6.07 Å². The Balaban J connectivity index is 2.56. The van der Waals surface area contributed by atoms with Gasteiger partial charge in [0.05, 0.1) is 11.5 Å². The Labute approximate surface area is 121 Å². The van der Waals surface area contributed by atoms with Gasteiger partial charge in [-0.05, 0) is 24.1 Å². The number of hydrogen-bond donors (Lipinski definition) is 2. The van der Waals surface area contributed by atoms with E-state index >= 15 is 0 Å². The number of nitrogens with two attached hydrogens (primary N) is 1. The van der Waals surface area contributed by atoms with Crippen LogP contribution in [0.2, 0.25) is 0 Å². The largest absolute Gasteiger partial charge is 0.411 e. The van der Waals surface area contributed by atoms with Crippen LogP contribution in [0.3, 0.4) is 0 Å². The summed E-state index contributed by atoms with van der Waals surface area (Å²) in [6.45, 7) is -0.155. The molecule has 0 aliphatic rings. The minimum absolute atomic E-state index is 0.0342. The van der Waals surface area contributed by atoms with E-state index in [0.717, 1.165) is 5.56 Å². The van der Waals surface area contributed by atoms with E-state index < -0.39 is 22.8 Å². The molecule has 0 unspecified atom stereocenters. The molecule has 0 saturated heterocycles. The molecule has 3 N–H and O–H groups in total. The van der Waals surface area contributed by atoms with E-state index in [2.05, 4.69) is 9.46 Å². The van der Waals surface area contributed by atoms with Crippen LogP contribution in [0.1, 0.15) is 12.5 Å². The van der Waals surface area contributed by atoms with Crippen LogP contribution >= 0.6 is 0 Å². The lowest BCUT2D eigenvalue weighted by molar-refractivity contribution is -0.173. The summed E-state index contributed by atoms with van der Waals surface area (Å²) in [6, 6.07) is 4.32. The molecule has 0 heterocycles. The van der Waals surface area contributed by atoms with Gasteiger partial charge in [-0.15, -0.1) is 0 Å². The zero-order valence-electron chi connectivity index (χ0n) is 11.4. The van der Waals surface area contributed by atoms with Crippen LogP contribution in [-0.4, -0.2) is 34.4 Å². The van der Waals surface area contributed by atoms with Crippen molar-refractivity contribution < 1.29 is 26.3 Å². The van der Waals surface area contributed by atoms with E-state index in [-0.39, 0.29) is 18.0 Å². The minimum Gasteiger partial charge on any atom is -0.398 e. The molecular weight excluding hydrogens is 309 g/mol. The molecule has 120 valence electrons. The predicted molar refractivity (Wildman–Crippen MR) is 72.3 cm³/mol. The van der Waals surface area contributed by atoms with Crippen molar-refractivity contribution in [1.29, 1.82) is 0 Å². The van der Waals surface area contributed by atoms with Crippen LogP contribution in [0.5, 0.6) is 0 Å². The van der Waals surface area contributed by atoms with Crippen molar-refractivity contribution in [3.63, 3.8) is 0 Å². The Morgan fingerprint density at radius 2 is 2.00 bits per heavy atom. The van der Waals surface area contributed by atoms with Gasteiger partial charge in [-0.1, -0.05) is 13.0 Å². The van der Waals surface area contributed by atoms with Gasteiger partial charge < -0.3 is 10.5 Å². The monoisotopic (exact) mass is 326 g/mol. The number of alkyl halides is 3. The van der Waals surface area contributed by atoms with Crippen LogP contribution in [0.4, 0.5) is 18.9 Å². The molecule has 0 amide bonds. The van der Waals surface area contributed by atoms with Crippen LogP contribution in [-0.2, 0) is 21.2 Å². The number of nitrogens with one attached hydrogen (secondary N) is 1. The van der Waals surface area contributed by atoms with Gasteiger partial charge in [-0.3, -0.25) is 0 Å². The Bertz CT molecular complexity index is 574. The standard InChI is InChI=1S/C12H17F3N2O3S/c1-2-9-3-4-10(7-11(9)16)21(18,19)17-5-6-20-8-12(13,14)15/h3-4,7,17H,2,5-6,8,16H2,1H3. The molecule has 0 spiro atoms. The number of aryl methyl sites for hydroxylation is 1. The molecule has 0 fully saturated rings. The van der Waals surface area contributed by atoms with Crippen molar-refractivity contribution in [2.75, 3.05) is 25.5 Å².